The van der Waals surface area contributed by atoms with Gasteiger partial charge in [-0.2, -0.15) is 0 Å². The van der Waals surface area contributed by atoms with Crippen molar-refractivity contribution in [1.29, 1.82) is 0 Å². The molecule has 80 valence electrons. The van der Waals surface area contributed by atoms with Crippen LogP contribution in [0.5, 0.6) is 0 Å². The molecule has 1 N–H and O–H groups in total. The second-order valence-corrected chi connectivity index (χ2v) is 10.3. The first-order valence-electron chi connectivity index (χ1n) is 5.60. The van der Waals surface area contributed by atoms with Crippen LogP contribution < -0.4 is 0 Å². The molecule has 0 aromatic carbocycles. The largest absolute Gasteiger partial charge is 0.377 e. The average Bonchev–Trinajstić information content (AvgIpc) is 2.06. The second kappa shape index (κ2) is 4.08. The van der Waals surface area contributed by atoms with Gasteiger partial charge in [0.1, 0.15) is 13.7 Å². The fourth-order valence-corrected chi connectivity index (χ4v) is 2.40. The molecule has 1 aliphatic carbocycles. The van der Waals surface area contributed by atoms with Gasteiger partial charge in [-0.3, -0.25) is 0 Å². The van der Waals surface area contributed by atoms with E-state index < -0.39 is 13.7 Å². The van der Waals surface area contributed by atoms with E-state index >= 15 is 0 Å². The molecule has 0 heterocycles. The Labute approximate surface area is 88.9 Å². The molecule has 0 bridgehead atoms. The summed E-state index contributed by atoms with van der Waals surface area (Å²) in [6.07, 6.45) is 4.36. The third kappa shape index (κ3) is 3.15. The van der Waals surface area contributed by atoms with Gasteiger partial charge in [0, 0.05) is 0 Å². The van der Waals surface area contributed by atoms with Gasteiger partial charge >= 0.3 is 0 Å². The maximum Gasteiger partial charge on any atom is 0.129 e. The van der Waals surface area contributed by atoms with Crippen LogP contribution in [0.2, 0.25) is 19.6 Å². The van der Waals surface area contributed by atoms with Gasteiger partial charge in [0.15, 0.2) is 0 Å². The summed E-state index contributed by atoms with van der Waals surface area (Å²) in [6.45, 7) is 8.78. The van der Waals surface area contributed by atoms with E-state index in [-0.39, 0.29) is 0 Å². The van der Waals surface area contributed by atoms with Crippen LogP contribution in [0, 0.1) is 17.4 Å². The molecule has 0 aliphatic heterocycles. The van der Waals surface area contributed by atoms with E-state index in [1.807, 2.05) is 0 Å². The van der Waals surface area contributed by atoms with E-state index in [4.69, 9.17) is 0 Å². The predicted molar refractivity (Wildman–Crippen MR) is 63.7 cm³/mol. The highest BCUT2D eigenvalue weighted by Gasteiger charge is 2.34. The van der Waals surface area contributed by atoms with Crippen molar-refractivity contribution in [2.75, 3.05) is 0 Å². The highest BCUT2D eigenvalue weighted by atomic mass is 28.3. The monoisotopic (exact) mass is 210 g/mol. The normalized spacial score (nSPS) is 33.4. The van der Waals surface area contributed by atoms with E-state index in [2.05, 4.69) is 38.0 Å². The number of hydrogen-bond donors (Lipinski definition) is 1. The Morgan fingerprint density at radius 3 is 2.43 bits per heavy atom. The van der Waals surface area contributed by atoms with Crippen LogP contribution in [0.25, 0.3) is 0 Å². The molecule has 0 spiro atoms. The third-order valence-electron chi connectivity index (χ3n) is 2.91. The SMILES string of the molecule is C[C@H]1CCCC[C@]1(O)C#C[Si](C)(C)C. The Hall–Kier alpha value is -0.263. The fraction of sp³-hybridized carbons (Fsp3) is 0.833. The van der Waals surface area contributed by atoms with Gasteiger partial charge in [-0.25, -0.2) is 0 Å². The molecule has 0 aromatic heterocycles. The lowest BCUT2D eigenvalue weighted by atomic mass is 9.77. The minimum Gasteiger partial charge on any atom is -0.377 e. The van der Waals surface area contributed by atoms with Crippen molar-refractivity contribution >= 4 is 8.07 Å². The van der Waals surface area contributed by atoms with Crippen LogP contribution >= 0.6 is 0 Å². The van der Waals surface area contributed by atoms with Gasteiger partial charge in [0.05, 0.1) is 0 Å². The quantitative estimate of drug-likeness (QED) is 0.481. The molecular formula is C12H22OSi. The molecule has 1 aliphatic rings. The second-order valence-electron chi connectivity index (χ2n) is 5.57. The summed E-state index contributed by atoms with van der Waals surface area (Å²) < 4.78 is 0. The summed E-state index contributed by atoms with van der Waals surface area (Å²) in [5.41, 5.74) is 2.62. The van der Waals surface area contributed by atoms with Gasteiger partial charge in [-0.15, -0.1) is 5.54 Å². The Morgan fingerprint density at radius 2 is 1.93 bits per heavy atom. The number of rotatable bonds is 0. The van der Waals surface area contributed by atoms with E-state index in [9.17, 15) is 5.11 Å². The van der Waals surface area contributed by atoms with Crippen LogP contribution in [-0.4, -0.2) is 18.8 Å². The van der Waals surface area contributed by atoms with Crippen LogP contribution in [0.3, 0.4) is 0 Å². The van der Waals surface area contributed by atoms with E-state index in [0.29, 0.717) is 5.92 Å². The standard InChI is InChI=1S/C12H22OSi/c1-11-7-5-6-8-12(11,13)9-10-14(2,3)4/h11,13H,5-8H2,1-4H3/t11-,12-/m0/s1. The topological polar surface area (TPSA) is 20.2 Å². The molecule has 0 radical (unpaired) electrons. The zero-order valence-electron chi connectivity index (χ0n) is 9.85. The van der Waals surface area contributed by atoms with Gasteiger partial charge in [-0.1, -0.05) is 38.9 Å². The van der Waals surface area contributed by atoms with Crippen molar-refractivity contribution in [3.05, 3.63) is 0 Å². The summed E-state index contributed by atoms with van der Waals surface area (Å²) in [7, 11) is -1.34. The van der Waals surface area contributed by atoms with Crippen LogP contribution in [0.1, 0.15) is 32.6 Å². The molecule has 2 heteroatoms. The van der Waals surface area contributed by atoms with Crippen molar-refractivity contribution < 1.29 is 5.11 Å². The molecule has 0 unspecified atom stereocenters. The van der Waals surface area contributed by atoms with Gasteiger partial charge < -0.3 is 5.11 Å². The molecule has 1 saturated carbocycles. The Bertz CT molecular complexity index is 256. The minimum absolute atomic E-state index is 0.347. The van der Waals surface area contributed by atoms with Crippen molar-refractivity contribution in [3.8, 4) is 11.5 Å². The summed E-state index contributed by atoms with van der Waals surface area (Å²) in [5, 5.41) is 10.4. The van der Waals surface area contributed by atoms with Gasteiger partial charge in [0.25, 0.3) is 0 Å². The Balaban J connectivity index is 2.76. The molecule has 1 fully saturated rings. The molecule has 1 nitrogen and oxygen atoms in total. The number of aliphatic hydroxyl groups is 1. The highest BCUT2D eigenvalue weighted by Crippen LogP contribution is 2.32. The molecule has 1 rings (SSSR count). The smallest absolute Gasteiger partial charge is 0.129 e. The van der Waals surface area contributed by atoms with Crippen molar-refractivity contribution in [2.24, 2.45) is 5.92 Å². The lowest BCUT2D eigenvalue weighted by Gasteiger charge is -2.34. The van der Waals surface area contributed by atoms with Gasteiger partial charge in [0.2, 0.25) is 0 Å². The van der Waals surface area contributed by atoms with Gasteiger partial charge in [-0.05, 0) is 25.2 Å². The fourth-order valence-electron chi connectivity index (χ4n) is 1.81. The van der Waals surface area contributed by atoms with E-state index in [0.717, 1.165) is 19.3 Å². The molecular weight excluding hydrogens is 188 g/mol. The summed E-state index contributed by atoms with van der Waals surface area (Å²) in [6, 6.07) is 0. The first-order valence-corrected chi connectivity index (χ1v) is 9.10. The highest BCUT2D eigenvalue weighted by molar-refractivity contribution is 6.83. The lowest BCUT2D eigenvalue weighted by molar-refractivity contribution is 0.0127. The first kappa shape index (κ1) is 11.8. The Morgan fingerprint density at radius 1 is 1.29 bits per heavy atom. The maximum absolute atomic E-state index is 10.4. The average molecular weight is 210 g/mol. The lowest BCUT2D eigenvalue weighted by Crippen LogP contribution is -2.38. The van der Waals surface area contributed by atoms with E-state index in [1.54, 1.807) is 0 Å². The number of hydrogen-bond acceptors (Lipinski definition) is 1. The summed E-state index contributed by atoms with van der Waals surface area (Å²) in [5.74, 6) is 3.50. The van der Waals surface area contributed by atoms with Crippen LogP contribution in [0.4, 0.5) is 0 Å². The molecule has 0 saturated heterocycles. The van der Waals surface area contributed by atoms with E-state index in [1.165, 1.54) is 6.42 Å². The third-order valence-corrected chi connectivity index (χ3v) is 3.79. The summed E-state index contributed by atoms with van der Waals surface area (Å²) >= 11 is 0. The molecule has 2 atom stereocenters. The van der Waals surface area contributed by atoms with Crippen LogP contribution in [0.15, 0.2) is 0 Å². The zero-order valence-corrected chi connectivity index (χ0v) is 10.9. The predicted octanol–water partition coefficient (Wildman–Crippen LogP) is 2.81. The summed E-state index contributed by atoms with van der Waals surface area (Å²) in [4.78, 5) is 0. The molecule has 0 amide bonds. The molecule has 0 aromatic rings. The first-order chi connectivity index (χ1) is 6.33. The van der Waals surface area contributed by atoms with Crippen LogP contribution in [-0.2, 0) is 0 Å². The van der Waals surface area contributed by atoms with Crippen molar-refractivity contribution in [3.63, 3.8) is 0 Å². The van der Waals surface area contributed by atoms with Crippen molar-refractivity contribution in [2.45, 2.75) is 57.8 Å². The molecule has 14 heavy (non-hydrogen) atoms. The Kier molecular flexibility index (Phi) is 3.44. The van der Waals surface area contributed by atoms with Crippen molar-refractivity contribution in [1.82, 2.24) is 0 Å². The zero-order chi connectivity index (χ0) is 10.8. The minimum atomic E-state index is -1.34. The maximum atomic E-state index is 10.4.